The first-order chi connectivity index (χ1) is 8.75. The molecule has 0 aromatic carbocycles. The predicted octanol–water partition coefficient (Wildman–Crippen LogP) is 2.24. The van der Waals surface area contributed by atoms with Gasteiger partial charge in [0.15, 0.2) is 0 Å². The Morgan fingerprint density at radius 2 is 2.05 bits per heavy atom. The second-order valence-corrected chi connectivity index (χ2v) is 6.06. The lowest BCUT2D eigenvalue weighted by molar-refractivity contribution is -0.141. The van der Waals surface area contributed by atoms with Crippen LogP contribution in [-0.4, -0.2) is 40.1 Å². The van der Waals surface area contributed by atoms with E-state index in [1.54, 1.807) is 11.0 Å². The van der Waals surface area contributed by atoms with Crippen LogP contribution in [0.5, 0.6) is 0 Å². The van der Waals surface area contributed by atoms with Crippen LogP contribution in [0.1, 0.15) is 40.0 Å². The maximum atomic E-state index is 12.2. The van der Waals surface area contributed by atoms with Crippen molar-refractivity contribution in [2.45, 2.75) is 51.6 Å². The van der Waals surface area contributed by atoms with Crippen LogP contribution in [0, 0.1) is 5.92 Å². The van der Waals surface area contributed by atoms with Crippen LogP contribution in [0.25, 0.3) is 0 Å². The second kappa shape index (κ2) is 6.08. The fraction of sp³-hybridized carbons (Fsp3) is 0.714. The topological polar surface area (TPSA) is 69.6 Å². The van der Waals surface area contributed by atoms with Gasteiger partial charge in [0.05, 0.1) is 5.92 Å². The number of nitrogens with zero attached hydrogens (tertiary/aromatic N) is 1. The molecule has 5 nitrogen and oxygen atoms in total. The molecule has 2 amide bonds. The van der Waals surface area contributed by atoms with Crippen LogP contribution in [-0.2, 0) is 4.79 Å². The van der Waals surface area contributed by atoms with Crippen LogP contribution in [0.15, 0.2) is 12.7 Å². The molecule has 5 heteroatoms. The highest BCUT2D eigenvalue weighted by atomic mass is 16.4. The number of carboxylic acids is 1. The highest BCUT2D eigenvalue weighted by Crippen LogP contribution is 2.26. The zero-order chi connectivity index (χ0) is 14.6. The molecule has 1 fully saturated rings. The van der Waals surface area contributed by atoms with Crippen LogP contribution < -0.4 is 5.32 Å². The lowest BCUT2D eigenvalue weighted by Gasteiger charge is -2.35. The molecule has 0 spiro atoms. The van der Waals surface area contributed by atoms with E-state index in [-0.39, 0.29) is 23.5 Å². The molecule has 0 saturated heterocycles. The number of carbonyl (C=O) groups excluding carboxylic acids is 1. The molecule has 108 valence electrons. The lowest BCUT2D eigenvalue weighted by Crippen LogP contribution is -2.52. The number of hydrogen-bond acceptors (Lipinski definition) is 2. The quantitative estimate of drug-likeness (QED) is 0.768. The average Bonchev–Trinajstić information content (AvgIpc) is 2.72. The number of urea groups is 1. The van der Waals surface area contributed by atoms with Gasteiger partial charge in [0.25, 0.3) is 0 Å². The lowest BCUT2D eigenvalue weighted by atomic mass is 10.1. The third kappa shape index (κ3) is 4.26. The van der Waals surface area contributed by atoms with Gasteiger partial charge in [-0.2, -0.15) is 0 Å². The highest BCUT2D eigenvalue weighted by molar-refractivity contribution is 5.76. The van der Waals surface area contributed by atoms with Gasteiger partial charge in [-0.3, -0.25) is 4.79 Å². The number of aliphatic carboxylic acids is 1. The SMILES string of the molecule is C=CCN(C(=O)NC1CCC(C(=O)O)C1)C(C)(C)C. The van der Waals surface area contributed by atoms with Gasteiger partial charge in [-0.25, -0.2) is 4.79 Å². The normalized spacial score (nSPS) is 22.9. The van der Waals surface area contributed by atoms with Gasteiger partial charge in [-0.05, 0) is 40.0 Å². The monoisotopic (exact) mass is 268 g/mol. The van der Waals surface area contributed by atoms with Crippen LogP contribution in [0.3, 0.4) is 0 Å². The van der Waals surface area contributed by atoms with E-state index in [1.807, 2.05) is 20.8 Å². The van der Waals surface area contributed by atoms with Crippen molar-refractivity contribution in [2.24, 2.45) is 5.92 Å². The largest absolute Gasteiger partial charge is 0.481 e. The second-order valence-electron chi connectivity index (χ2n) is 6.06. The van der Waals surface area contributed by atoms with Crippen LogP contribution in [0.2, 0.25) is 0 Å². The Labute approximate surface area is 114 Å². The van der Waals surface area contributed by atoms with Gasteiger partial charge < -0.3 is 15.3 Å². The standard InChI is InChI=1S/C14H24N2O3/c1-5-8-16(14(2,3)4)13(19)15-11-7-6-10(9-11)12(17)18/h5,10-11H,1,6-9H2,2-4H3,(H,15,19)(H,17,18). The van der Waals surface area contributed by atoms with Crippen molar-refractivity contribution in [1.29, 1.82) is 0 Å². The molecule has 1 aliphatic carbocycles. The van der Waals surface area contributed by atoms with E-state index in [1.165, 1.54) is 0 Å². The van der Waals surface area contributed by atoms with Gasteiger partial charge in [-0.15, -0.1) is 6.58 Å². The van der Waals surface area contributed by atoms with E-state index in [0.717, 1.165) is 6.42 Å². The molecule has 1 saturated carbocycles. The molecule has 2 N–H and O–H groups in total. The fourth-order valence-electron chi connectivity index (χ4n) is 2.38. The summed E-state index contributed by atoms with van der Waals surface area (Å²) in [4.78, 5) is 24.8. The average molecular weight is 268 g/mol. The number of amides is 2. The van der Waals surface area contributed by atoms with Crippen LogP contribution >= 0.6 is 0 Å². The summed E-state index contributed by atoms with van der Waals surface area (Å²) in [6.07, 6.45) is 3.58. The zero-order valence-electron chi connectivity index (χ0n) is 12.0. The molecule has 0 aromatic rings. The summed E-state index contributed by atoms with van der Waals surface area (Å²) in [7, 11) is 0. The highest BCUT2D eigenvalue weighted by Gasteiger charge is 2.33. The molecule has 1 aliphatic rings. The molecular formula is C14H24N2O3. The van der Waals surface area contributed by atoms with E-state index in [2.05, 4.69) is 11.9 Å². The smallest absolute Gasteiger partial charge is 0.318 e. The molecule has 1 rings (SSSR count). The summed E-state index contributed by atoms with van der Waals surface area (Å²) in [5, 5.41) is 11.9. The van der Waals surface area contributed by atoms with Crippen LogP contribution in [0.4, 0.5) is 4.79 Å². The third-order valence-electron chi connectivity index (χ3n) is 3.48. The van der Waals surface area contributed by atoms with Gasteiger partial charge in [0.2, 0.25) is 0 Å². The number of hydrogen-bond donors (Lipinski definition) is 2. The van der Waals surface area contributed by atoms with E-state index in [0.29, 0.717) is 19.4 Å². The summed E-state index contributed by atoms with van der Waals surface area (Å²) in [6.45, 7) is 10.0. The minimum absolute atomic E-state index is 0.0386. The molecule has 0 aliphatic heterocycles. The number of carboxylic acid groups (broad SMARTS) is 1. The van der Waals surface area contributed by atoms with E-state index < -0.39 is 5.97 Å². The van der Waals surface area contributed by atoms with Gasteiger partial charge >= 0.3 is 12.0 Å². The first kappa shape index (κ1) is 15.5. The molecule has 0 heterocycles. The molecule has 2 unspecified atom stereocenters. The van der Waals surface area contributed by atoms with Crippen molar-refractivity contribution < 1.29 is 14.7 Å². The molecule has 2 atom stereocenters. The minimum Gasteiger partial charge on any atom is -0.481 e. The van der Waals surface area contributed by atoms with Crippen molar-refractivity contribution >= 4 is 12.0 Å². The zero-order valence-corrected chi connectivity index (χ0v) is 12.0. The summed E-state index contributed by atoms with van der Waals surface area (Å²) < 4.78 is 0. The van der Waals surface area contributed by atoms with Gasteiger partial charge in [0.1, 0.15) is 0 Å². The van der Waals surface area contributed by atoms with Crippen molar-refractivity contribution in [3.8, 4) is 0 Å². The maximum Gasteiger partial charge on any atom is 0.318 e. The molecule has 0 aromatic heterocycles. The van der Waals surface area contributed by atoms with Crippen molar-refractivity contribution in [2.75, 3.05) is 6.54 Å². The van der Waals surface area contributed by atoms with Crippen molar-refractivity contribution in [1.82, 2.24) is 10.2 Å². The predicted molar refractivity (Wildman–Crippen MR) is 74.0 cm³/mol. The van der Waals surface area contributed by atoms with Gasteiger partial charge in [0, 0.05) is 18.1 Å². The Morgan fingerprint density at radius 3 is 2.47 bits per heavy atom. The van der Waals surface area contributed by atoms with Crippen molar-refractivity contribution in [3.63, 3.8) is 0 Å². The fourth-order valence-corrected chi connectivity index (χ4v) is 2.38. The van der Waals surface area contributed by atoms with E-state index >= 15 is 0 Å². The molecular weight excluding hydrogens is 244 g/mol. The number of carbonyl (C=O) groups is 2. The first-order valence-corrected chi connectivity index (χ1v) is 6.67. The summed E-state index contributed by atoms with van der Waals surface area (Å²) >= 11 is 0. The maximum absolute atomic E-state index is 12.2. The van der Waals surface area contributed by atoms with Crippen molar-refractivity contribution in [3.05, 3.63) is 12.7 Å². The summed E-state index contributed by atoms with van der Waals surface area (Å²) in [5.74, 6) is -1.09. The summed E-state index contributed by atoms with van der Waals surface area (Å²) in [5.41, 5.74) is -0.289. The van der Waals surface area contributed by atoms with Gasteiger partial charge in [-0.1, -0.05) is 6.08 Å². The Balaban J connectivity index is 2.58. The Morgan fingerprint density at radius 1 is 1.42 bits per heavy atom. The summed E-state index contributed by atoms with van der Waals surface area (Å²) in [6, 6.07) is -0.188. The minimum atomic E-state index is -0.768. The molecule has 0 radical (unpaired) electrons. The Kier molecular flexibility index (Phi) is 4.97. The van der Waals surface area contributed by atoms with E-state index in [9.17, 15) is 9.59 Å². The Hall–Kier alpha value is -1.52. The first-order valence-electron chi connectivity index (χ1n) is 6.67. The molecule has 0 bridgehead atoms. The third-order valence-corrected chi connectivity index (χ3v) is 3.48. The Bertz CT molecular complexity index is 360. The van der Waals surface area contributed by atoms with E-state index in [4.69, 9.17) is 5.11 Å². The number of nitrogens with one attached hydrogen (secondary N) is 1. The number of rotatable bonds is 4. The molecule has 19 heavy (non-hydrogen) atoms.